The number of hydrogen-bond donors (Lipinski definition) is 1. The monoisotopic (exact) mass is 462 g/mol. The molecule has 0 aromatic heterocycles. The molecule has 3 aromatic rings. The lowest BCUT2D eigenvalue weighted by Crippen LogP contribution is -2.51. The molecule has 1 N–H and O–H groups in total. The maximum atomic E-state index is 13.7. The minimum absolute atomic E-state index is 0.128. The first-order valence-electron chi connectivity index (χ1n) is 11.4. The van der Waals surface area contributed by atoms with Gasteiger partial charge in [-0.1, -0.05) is 96.9 Å². The lowest BCUT2D eigenvalue weighted by atomic mass is 10.0. The highest BCUT2D eigenvalue weighted by atomic mass is 35.5. The van der Waals surface area contributed by atoms with Crippen LogP contribution in [0.5, 0.6) is 0 Å². The van der Waals surface area contributed by atoms with Crippen LogP contribution in [0.4, 0.5) is 0 Å². The van der Waals surface area contributed by atoms with Gasteiger partial charge in [0.2, 0.25) is 11.8 Å². The smallest absolute Gasteiger partial charge is 0.243 e. The summed E-state index contributed by atoms with van der Waals surface area (Å²) in [6.45, 7) is 4.96. The average Bonchev–Trinajstić information content (AvgIpc) is 2.82. The summed E-state index contributed by atoms with van der Waals surface area (Å²) in [5, 5.41) is 3.55. The zero-order valence-electron chi connectivity index (χ0n) is 19.3. The Balaban J connectivity index is 1.96. The van der Waals surface area contributed by atoms with E-state index in [9.17, 15) is 9.59 Å². The Morgan fingerprint density at radius 2 is 1.64 bits per heavy atom. The Hall–Kier alpha value is -3.11. The molecule has 0 saturated carbocycles. The number of nitrogens with one attached hydrogen (secondary N) is 1. The van der Waals surface area contributed by atoms with E-state index in [0.717, 1.165) is 28.7 Å². The molecule has 0 unspecified atom stereocenters. The fourth-order valence-electron chi connectivity index (χ4n) is 3.83. The zero-order chi connectivity index (χ0) is 23.6. The van der Waals surface area contributed by atoms with Gasteiger partial charge in [-0.05, 0) is 36.1 Å². The molecule has 3 aromatic carbocycles. The van der Waals surface area contributed by atoms with Gasteiger partial charge in [-0.15, -0.1) is 0 Å². The summed E-state index contributed by atoms with van der Waals surface area (Å²) < 4.78 is 0. The van der Waals surface area contributed by atoms with E-state index in [-0.39, 0.29) is 18.2 Å². The summed E-state index contributed by atoms with van der Waals surface area (Å²) >= 11 is 6.34. The molecule has 0 aliphatic carbocycles. The molecule has 172 valence electrons. The van der Waals surface area contributed by atoms with Crippen molar-refractivity contribution in [3.8, 4) is 0 Å². The van der Waals surface area contributed by atoms with E-state index >= 15 is 0 Å². The molecule has 0 radical (unpaired) electrons. The first-order chi connectivity index (χ1) is 16.0. The van der Waals surface area contributed by atoms with Gasteiger partial charge in [-0.3, -0.25) is 9.59 Å². The van der Waals surface area contributed by atoms with E-state index in [2.05, 4.69) is 11.4 Å². The second-order valence-electron chi connectivity index (χ2n) is 8.28. The standard InChI is InChI=1S/C28H31ClN2O2/c1-3-16-30-28(33)26(18-22-11-5-4-6-12-22)31(20-23-13-9-10-21(2)17-23)27(32)19-24-14-7-8-15-25(24)29/h4-15,17,26H,3,16,18-20H2,1-2H3,(H,30,33)/t26-/m1/s1. The Labute approximate surface area is 201 Å². The molecule has 0 spiro atoms. The maximum absolute atomic E-state index is 13.7. The van der Waals surface area contributed by atoms with Crippen LogP contribution in [0.2, 0.25) is 5.02 Å². The van der Waals surface area contributed by atoms with Crippen LogP contribution in [0.25, 0.3) is 0 Å². The maximum Gasteiger partial charge on any atom is 0.243 e. The van der Waals surface area contributed by atoms with Crippen LogP contribution >= 0.6 is 11.6 Å². The Bertz CT molecular complexity index is 1070. The summed E-state index contributed by atoms with van der Waals surface area (Å²) in [6, 6.07) is 24.6. The SMILES string of the molecule is CCCNC(=O)[C@@H](Cc1ccccc1)N(Cc1cccc(C)c1)C(=O)Cc1ccccc1Cl. The number of carbonyl (C=O) groups excluding carboxylic acids is 2. The van der Waals surface area contributed by atoms with Crippen LogP contribution in [0.1, 0.15) is 35.6 Å². The van der Waals surface area contributed by atoms with Gasteiger partial charge in [0, 0.05) is 24.5 Å². The number of rotatable bonds is 10. The molecule has 3 rings (SSSR count). The van der Waals surface area contributed by atoms with Crippen LogP contribution < -0.4 is 5.32 Å². The van der Waals surface area contributed by atoms with Crippen molar-refractivity contribution in [2.45, 2.75) is 45.7 Å². The van der Waals surface area contributed by atoms with Crippen molar-refractivity contribution in [1.29, 1.82) is 0 Å². The second kappa shape index (κ2) is 12.2. The van der Waals surface area contributed by atoms with Gasteiger partial charge < -0.3 is 10.2 Å². The Kier molecular flexibility index (Phi) is 9.08. The van der Waals surface area contributed by atoms with Crippen LogP contribution in [-0.2, 0) is 29.0 Å². The van der Waals surface area contributed by atoms with E-state index in [0.29, 0.717) is 24.5 Å². The lowest BCUT2D eigenvalue weighted by molar-refractivity contribution is -0.140. The number of halogens is 1. The van der Waals surface area contributed by atoms with Gasteiger partial charge >= 0.3 is 0 Å². The number of hydrogen-bond acceptors (Lipinski definition) is 2. The lowest BCUT2D eigenvalue weighted by Gasteiger charge is -2.32. The van der Waals surface area contributed by atoms with E-state index in [1.165, 1.54) is 0 Å². The van der Waals surface area contributed by atoms with Gasteiger partial charge in [0.15, 0.2) is 0 Å². The summed E-state index contributed by atoms with van der Waals surface area (Å²) in [6.07, 6.45) is 1.41. The number of nitrogens with zero attached hydrogens (tertiary/aromatic N) is 1. The van der Waals surface area contributed by atoms with Crippen molar-refractivity contribution in [1.82, 2.24) is 10.2 Å². The van der Waals surface area contributed by atoms with Crippen LogP contribution in [0.3, 0.4) is 0 Å². The summed E-state index contributed by atoms with van der Waals surface area (Å²) in [5.41, 5.74) is 3.87. The normalized spacial score (nSPS) is 11.6. The third-order valence-electron chi connectivity index (χ3n) is 5.56. The first-order valence-corrected chi connectivity index (χ1v) is 11.8. The van der Waals surface area contributed by atoms with Crippen molar-refractivity contribution in [3.05, 3.63) is 106 Å². The summed E-state index contributed by atoms with van der Waals surface area (Å²) in [4.78, 5) is 28.7. The van der Waals surface area contributed by atoms with E-state index in [1.807, 2.05) is 80.6 Å². The third kappa shape index (κ3) is 7.19. The largest absolute Gasteiger partial charge is 0.354 e. The Morgan fingerprint density at radius 1 is 0.939 bits per heavy atom. The molecule has 0 saturated heterocycles. The van der Waals surface area contributed by atoms with Crippen molar-refractivity contribution in [3.63, 3.8) is 0 Å². The van der Waals surface area contributed by atoms with Crippen molar-refractivity contribution < 1.29 is 9.59 Å². The van der Waals surface area contributed by atoms with E-state index < -0.39 is 6.04 Å². The number of benzene rings is 3. The first kappa shape index (κ1) is 24.5. The fourth-order valence-corrected chi connectivity index (χ4v) is 4.04. The summed E-state index contributed by atoms with van der Waals surface area (Å²) in [5.74, 6) is -0.266. The van der Waals surface area contributed by atoms with Crippen LogP contribution in [0, 0.1) is 6.92 Å². The van der Waals surface area contributed by atoms with Gasteiger partial charge in [0.1, 0.15) is 6.04 Å². The van der Waals surface area contributed by atoms with Gasteiger partial charge in [-0.25, -0.2) is 0 Å². The molecule has 2 amide bonds. The molecule has 1 atom stereocenters. The molecular formula is C28H31ClN2O2. The third-order valence-corrected chi connectivity index (χ3v) is 5.92. The average molecular weight is 463 g/mol. The van der Waals surface area contributed by atoms with Gasteiger partial charge in [-0.2, -0.15) is 0 Å². The predicted octanol–water partition coefficient (Wildman–Crippen LogP) is 5.36. The molecule has 4 nitrogen and oxygen atoms in total. The van der Waals surface area contributed by atoms with Crippen LogP contribution in [0.15, 0.2) is 78.9 Å². The highest BCUT2D eigenvalue weighted by Crippen LogP contribution is 2.20. The zero-order valence-corrected chi connectivity index (χ0v) is 20.0. The summed E-state index contributed by atoms with van der Waals surface area (Å²) in [7, 11) is 0. The number of carbonyl (C=O) groups is 2. The molecule has 5 heteroatoms. The topological polar surface area (TPSA) is 49.4 Å². The van der Waals surface area contributed by atoms with E-state index in [4.69, 9.17) is 11.6 Å². The van der Waals surface area contributed by atoms with Gasteiger partial charge in [0.25, 0.3) is 0 Å². The van der Waals surface area contributed by atoms with E-state index in [1.54, 1.807) is 11.0 Å². The highest BCUT2D eigenvalue weighted by molar-refractivity contribution is 6.31. The fraction of sp³-hybridized carbons (Fsp3) is 0.286. The highest BCUT2D eigenvalue weighted by Gasteiger charge is 2.30. The molecular weight excluding hydrogens is 432 g/mol. The quantitative estimate of drug-likeness (QED) is 0.441. The van der Waals surface area contributed by atoms with Crippen molar-refractivity contribution >= 4 is 23.4 Å². The molecule has 33 heavy (non-hydrogen) atoms. The number of aryl methyl sites for hydroxylation is 1. The Morgan fingerprint density at radius 3 is 2.33 bits per heavy atom. The van der Waals surface area contributed by atoms with Gasteiger partial charge in [0.05, 0.1) is 6.42 Å². The second-order valence-corrected chi connectivity index (χ2v) is 8.68. The predicted molar refractivity (Wildman–Crippen MR) is 134 cm³/mol. The van der Waals surface area contributed by atoms with Crippen LogP contribution in [-0.4, -0.2) is 29.3 Å². The van der Waals surface area contributed by atoms with Crippen molar-refractivity contribution in [2.24, 2.45) is 0 Å². The van der Waals surface area contributed by atoms with Crippen molar-refractivity contribution in [2.75, 3.05) is 6.54 Å². The molecule has 0 aliphatic rings. The number of amides is 2. The minimum atomic E-state index is -0.630. The molecule has 0 aliphatic heterocycles. The molecule has 0 bridgehead atoms. The molecule has 0 fully saturated rings. The molecule has 0 heterocycles. The minimum Gasteiger partial charge on any atom is -0.354 e.